The summed E-state index contributed by atoms with van der Waals surface area (Å²) in [4.78, 5) is 15.4. The lowest BCUT2D eigenvalue weighted by molar-refractivity contribution is -0.132. The van der Waals surface area contributed by atoms with Crippen LogP contribution in [0.4, 0.5) is 5.82 Å². The van der Waals surface area contributed by atoms with Crippen molar-refractivity contribution in [2.45, 2.75) is 50.6 Å². The van der Waals surface area contributed by atoms with Gasteiger partial charge in [0.15, 0.2) is 5.82 Å². The zero-order valence-corrected chi connectivity index (χ0v) is 24.3. The number of anilines is 1. The molecule has 0 radical (unpaired) electrons. The summed E-state index contributed by atoms with van der Waals surface area (Å²) in [5, 5.41) is 9.20. The minimum absolute atomic E-state index is 0.150. The van der Waals surface area contributed by atoms with E-state index in [4.69, 9.17) is 16.2 Å². The normalized spacial score (nSPS) is 16.3. The van der Waals surface area contributed by atoms with Crippen molar-refractivity contribution in [2.24, 2.45) is 5.73 Å². The van der Waals surface area contributed by atoms with Gasteiger partial charge in [0.2, 0.25) is 5.91 Å². The quantitative estimate of drug-likeness (QED) is 0.195. The van der Waals surface area contributed by atoms with E-state index in [1.165, 1.54) is 16.6 Å². The van der Waals surface area contributed by atoms with E-state index in [9.17, 15) is 4.79 Å². The molecular weight excluding hydrogens is 524 g/mol. The molecule has 5 aromatic rings. The number of carbonyl (C=O) groups is 1. The van der Waals surface area contributed by atoms with Crippen molar-refractivity contribution < 1.29 is 9.53 Å². The number of benzene rings is 3. The minimum Gasteiger partial charge on any atom is -0.385 e. The van der Waals surface area contributed by atoms with Crippen LogP contribution in [-0.4, -0.2) is 58.4 Å². The first-order valence-electron chi connectivity index (χ1n) is 14.9. The van der Waals surface area contributed by atoms with Crippen molar-refractivity contribution >= 4 is 33.5 Å². The SMILES string of the molecule is COCCCn1c(C2CCCN(C(=O)C[C@H](N)Cc3ccc(-c4ccc5[nH]nc(N)c5c4)cc3)C2)cc2ccccc21. The number of nitrogens with two attached hydrogens (primary N) is 2. The Morgan fingerprint density at radius 1 is 1.10 bits per heavy atom. The molecule has 3 heterocycles. The third kappa shape index (κ3) is 5.91. The molecule has 8 nitrogen and oxygen atoms in total. The first kappa shape index (κ1) is 28.0. The molecule has 6 rings (SSSR count). The van der Waals surface area contributed by atoms with Crippen LogP contribution < -0.4 is 11.5 Å². The zero-order valence-electron chi connectivity index (χ0n) is 24.3. The zero-order chi connectivity index (χ0) is 29.1. The molecular formula is C34H40N6O2. The van der Waals surface area contributed by atoms with E-state index >= 15 is 0 Å². The average molecular weight is 565 g/mol. The molecule has 1 saturated heterocycles. The second-order valence-electron chi connectivity index (χ2n) is 11.5. The maximum absolute atomic E-state index is 13.4. The number of hydrogen-bond acceptors (Lipinski definition) is 5. The molecule has 1 unspecified atom stereocenters. The van der Waals surface area contributed by atoms with Crippen LogP contribution in [0, 0.1) is 0 Å². The molecule has 42 heavy (non-hydrogen) atoms. The number of aromatic nitrogens is 3. The lowest BCUT2D eigenvalue weighted by atomic mass is 9.93. The van der Waals surface area contributed by atoms with Crippen molar-refractivity contribution in [3.63, 3.8) is 0 Å². The van der Waals surface area contributed by atoms with Gasteiger partial charge < -0.3 is 25.7 Å². The fourth-order valence-corrected chi connectivity index (χ4v) is 6.41. The van der Waals surface area contributed by atoms with Crippen molar-refractivity contribution in [2.75, 3.05) is 32.5 Å². The van der Waals surface area contributed by atoms with Gasteiger partial charge in [0.1, 0.15) is 0 Å². The Bertz CT molecular complexity index is 1670. The predicted molar refractivity (Wildman–Crippen MR) is 169 cm³/mol. The maximum atomic E-state index is 13.4. The monoisotopic (exact) mass is 564 g/mol. The number of nitrogens with zero attached hydrogens (tertiary/aromatic N) is 3. The largest absolute Gasteiger partial charge is 0.385 e. The number of aromatic amines is 1. The van der Waals surface area contributed by atoms with Crippen molar-refractivity contribution in [1.29, 1.82) is 0 Å². The van der Waals surface area contributed by atoms with Gasteiger partial charge in [0.25, 0.3) is 0 Å². The number of carbonyl (C=O) groups excluding carboxylic acids is 1. The molecule has 0 spiro atoms. The van der Waals surface area contributed by atoms with Gasteiger partial charge in [-0.25, -0.2) is 0 Å². The summed E-state index contributed by atoms with van der Waals surface area (Å²) in [5.41, 5.74) is 19.3. The van der Waals surface area contributed by atoms with Gasteiger partial charge >= 0.3 is 0 Å². The minimum atomic E-state index is -0.230. The van der Waals surface area contributed by atoms with E-state index in [2.05, 4.69) is 81.5 Å². The Morgan fingerprint density at radius 2 is 1.90 bits per heavy atom. The van der Waals surface area contributed by atoms with Crippen LogP contribution in [0.3, 0.4) is 0 Å². The third-order valence-electron chi connectivity index (χ3n) is 8.58. The van der Waals surface area contributed by atoms with Crippen LogP contribution in [0.5, 0.6) is 0 Å². The molecule has 8 heteroatoms. The molecule has 0 bridgehead atoms. The fourth-order valence-electron chi connectivity index (χ4n) is 6.41. The van der Waals surface area contributed by atoms with E-state index < -0.39 is 0 Å². The number of H-pyrrole nitrogens is 1. The van der Waals surface area contributed by atoms with E-state index in [-0.39, 0.29) is 11.9 Å². The number of amides is 1. The highest BCUT2D eigenvalue weighted by molar-refractivity contribution is 5.92. The summed E-state index contributed by atoms with van der Waals surface area (Å²) in [5.74, 6) is 0.971. The number of para-hydroxylation sites is 1. The Morgan fingerprint density at radius 3 is 2.74 bits per heavy atom. The van der Waals surface area contributed by atoms with Gasteiger partial charge in [-0.1, -0.05) is 48.5 Å². The third-order valence-corrected chi connectivity index (χ3v) is 8.58. The number of ether oxygens (including phenoxy) is 1. The van der Waals surface area contributed by atoms with Crippen LogP contribution in [0.2, 0.25) is 0 Å². The number of rotatable bonds is 10. The number of piperidine rings is 1. The highest BCUT2D eigenvalue weighted by atomic mass is 16.5. The van der Waals surface area contributed by atoms with Gasteiger partial charge in [-0.05, 0) is 72.0 Å². The van der Waals surface area contributed by atoms with Gasteiger partial charge in [-0.3, -0.25) is 9.89 Å². The second-order valence-corrected chi connectivity index (χ2v) is 11.5. The highest BCUT2D eigenvalue weighted by Crippen LogP contribution is 2.32. The molecule has 3 aromatic carbocycles. The molecule has 1 fully saturated rings. The van der Waals surface area contributed by atoms with Crippen LogP contribution in [0.1, 0.15) is 42.9 Å². The first-order chi connectivity index (χ1) is 20.5. The Balaban J connectivity index is 1.08. The summed E-state index contributed by atoms with van der Waals surface area (Å²) in [6.45, 7) is 3.19. The summed E-state index contributed by atoms with van der Waals surface area (Å²) in [6.07, 6.45) is 4.06. The molecule has 1 amide bonds. The highest BCUT2D eigenvalue weighted by Gasteiger charge is 2.28. The van der Waals surface area contributed by atoms with Gasteiger partial charge in [-0.2, -0.15) is 5.10 Å². The number of hydrogen-bond donors (Lipinski definition) is 3. The Hall–Kier alpha value is -4.14. The molecule has 2 aromatic heterocycles. The Kier molecular flexibility index (Phi) is 8.26. The first-order valence-corrected chi connectivity index (χ1v) is 14.9. The van der Waals surface area contributed by atoms with Gasteiger partial charge in [-0.15, -0.1) is 0 Å². The smallest absolute Gasteiger partial charge is 0.224 e. The Labute approximate surface area is 246 Å². The van der Waals surface area contributed by atoms with Crippen LogP contribution in [0.25, 0.3) is 32.9 Å². The molecule has 218 valence electrons. The number of aryl methyl sites for hydroxylation is 1. The fraction of sp³-hybridized carbons (Fsp3) is 0.353. The molecule has 1 aliphatic heterocycles. The van der Waals surface area contributed by atoms with Crippen LogP contribution in [0.15, 0.2) is 72.8 Å². The van der Waals surface area contributed by atoms with Crippen molar-refractivity contribution in [3.8, 4) is 11.1 Å². The van der Waals surface area contributed by atoms with E-state index in [1.807, 2.05) is 11.0 Å². The standard InChI is InChI=1S/C34H40N6O2/c1-42-17-5-16-40-31-8-3-2-6-26(31)20-32(40)27-7-4-15-39(22-27)33(41)21-28(35)18-23-9-11-24(12-10-23)25-13-14-30-29(19-25)34(36)38-37-30/h2-3,6,8-14,19-20,27-28H,4-5,7,15-18,21-22,35H2,1H3,(H3,36,37,38)/t27?,28-/m1/s1. The van der Waals surface area contributed by atoms with E-state index in [0.717, 1.165) is 73.1 Å². The molecule has 1 aliphatic rings. The number of nitrogen functional groups attached to an aromatic ring is 1. The number of fused-ring (bicyclic) bond motifs is 2. The molecule has 0 aliphatic carbocycles. The summed E-state index contributed by atoms with van der Waals surface area (Å²) >= 11 is 0. The van der Waals surface area contributed by atoms with E-state index in [0.29, 0.717) is 24.6 Å². The summed E-state index contributed by atoms with van der Waals surface area (Å²) in [6, 6.07) is 25.2. The molecule has 5 N–H and O–H groups in total. The average Bonchev–Trinajstić information content (AvgIpc) is 3.57. The lowest BCUT2D eigenvalue weighted by Crippen LogP contribution is -2.42. The summed E-state index contributed by atoms with van der Waals surface area (Å²) in [7, 11) is 1.75. The maximum Gasteiger partial charge on any atom is 0.224 e. The van der Waals surface area contributed by atoms with E-state index in [1.54, 1.807) is 7.11 Å². The van der Waals surface area contributed by atoms with Crippen molar-refractivity contribution in [3.05, 3.63) is 84.1 Å². The predicted octanol–water partition coefficient (Wildman–Crippen LogP) is 5.47. The summed E-state index contributed by atoms with van der Waals surface area (Å²) < 4.78 is 7.76. The molecule has 0 saturated carbocycles. The number of likely N-dealkylation sites (tertiary alicyclic amines) is 1. The van der Waals surface area contributed by atoms with Crippen LogP contribution >= 0.6 is 0 Å². The lowest BCUT2D eigenvalue weighted by Gasteiger charge is -2.34. The van der Waals surface area contributed by atoms with Gasteiger partial charge in [0, 0.05) is 68.3 Å². The number of methoxy groups -OCH3 is 1. The van der Waals surface area contributed by atoms with Crippen molar-refractivity contribution in [1.82, 2.24) is 19.7 Å². The molecule has 2 atom stereocenters. The van der Waals surface area contributed by atoms with Gasteiger partial charge in [0.05, 0.1) is 5.52 Å². The second kappa shape index (κ2) is 12.4. The van der Waals surface area contributed by atoms with Crippen LogP contribution in [-0.2, 0) is 22.5 Å². The number of nitrogens with one attached hydrogen (secondary N) is 1. The topological polar surface area (TPSA) is 115 Å².